The largest absolute Gasteiger partial charge is 0.469 e. The van der Waals surface area contributed by atoms with Gasteiger partial charge in [-0.2, -0.15) is 0 Å². The van der Waals surface area contributed by atoms with Gasteiger partial charge in [-0.25, -0.2) is 4.79 Å². The van der Waals surface area contributed by atoms with Gasteiger partial charge in [-0.3, -0.25) is 25.0 Å². The number of nitrogens with one attached hydrogen (secondary N) is 1. The predicted molar refractivity (Wildman–Crippen MR) is 102 cm³/mol. The molecule has 0 bridgehead atoms. The highest BCUT2D eigenvalue weighted by atomic mass is 16.6. The van der Waals surface area contributed by atoms with Crippen molar-refractivity contribution in [2.24, 2.45) is 11.3 Å². The van der Waals surface area contributed by atoms with Gasteiger partial charge in [0.2, 0.25) is 0 Å². The zero-order chi connectivity index (χ0) is 21.7. The summed E-state index contributed by atoms with van der Waals surface area (Å²) < 4.78 is 9.99. The maximum atomic E-state index is 13.0. The second-order valence-electron chi connectivity index (χ2n) is 7.52. The van der Waals surface area contributed by atoms with Gasteiger partial charge in [-0.15, -0.1) is 0 Å². The number of nitro groups is 1. The molecule has 4 rings (SSSR count). The molecule has 0 spiro atoms. The molecule has 0 amide bonds. The molecule has 2 saturated heterocycles. The summed E-state index contributed by atoms with van der Waals surface area (Å²) in [6.07, 6.45) is 0. The molecular formula is C21H18N2O7. The van der Waals surface area contributed by atoms with Gasteiger partial charge in [-0.1, -0.05) is 42.5 Å². The first kappa shape index (κ1) is 19.7. The summed E-state index contributed by atoms with van der Waals surface area (Å²) in [5.41, 5.74) is -2.24. The Morgan fingerprint density at radius 2 is 1.77 bits per heavy atom. The highest BCUT2D eigenvalue weighted by Crippen LogP contribution is 2.59. The fraction of sp³-hybridized carbons (Fsp3) is 0.286. The summed E-state index contributed by atoms with van der Waals surface area (Å²) >= 11 is 0. The van der Waals surface area contributed by atoms with E-state index in [0.29, 0.717) is 11.1 Å². The van der Waals surface area contributed by atoms with E-state index in [0.717, 1.165) is 0 Å². The Labute approximate surface area is 171 Å². The molecule has 0 aromatic heterocycles. The zero-order valence-electron chi connectivity index (χ0n) is 16.2. The van der Waals surface area contributed by atoms with Crippen LogP contribution in [0.2, 0.25) is 0 Å². The Hall–Kier alpha value is -3.59. The second-order valence-corrected chi connectivity index (χ2v) is 7.52. The number of esters is 3. The minimum absolute atomic E-state index is 0.120. The van der Waals surface area contributed by atoms with Gasteiger partial charge in [0.05, 0.1) is 18.1 Å². The van der Waals surface area contributed by atoms with Crippen LogP contribution < -0.4 is 5.32 Å². The SMILES string of the molecule is COC(=O)[C@@]1(C)[C@@H](c2ccc([N+](=O)[O-])cc2)N[C@@]2(c3ccccc3)C(=O)OC(=O)[C@@H]12. The lowest BCUT2D eigenvalue weighted by Crippen LogP contribution is -2.47. The molecule has 154 valence electrons. The number of hydrogen-bond donors (Lipinski definition) is 1. The summed E-state index contributed by atoms with van der Waals surface area (Å²) in [6, 6.07) is 13.3. The molecule has 2 heterocycles. The third kappa shape index (κ3) is 2.48. The Kier molecular flexibility index (Phi) is 4.43. The second kappa shape index (κ2) is 6.74. The molecule has 2 aliphatic heterocycles. The molecule has 2 aromatic rings. The first-order valence-corrected chi connectivity index (χ1v) is 9.19. The van der Waals surface area contributed by atoms with E-state index in [2.05, 4.69) is 5.32 Å². The molecule has 0 unspecified atom stereocenters. The fourth-order valence-electron chi connectivity index (χ4n) is 4.65. The Morgan fingerprint density at radius 1 is 1.13 bits per heavy atom. The number of hydrogen-bond acceptors (Lipinski definition) is 8. The number of nitrogens with zero attached hydrogens (tertiary/aromatic N) is 1. The molecule has 30 heavy (non-hydrogen) atoms. The van der Waals surface area contributed by atoms with Crippen LogP contribution >= 0.6 is 0 Å². The van der Waals surface area contributed by atoms with Crippen LogP contribution in [-0.2, 0) is 29.4 Å². The van der Waals surface area contributed by atoms with Crippen LogP contribution in [0, 0.1) is 21.4 Å². The van der Waals surface area contributed by atoms with E-state index in [1.54, 1.807) is 30.3 Å². The standard InChI is InChI=1S/C21H18N2O7/c1-20(18(25)29-2)15-17(24)30-19(26)21(15,13-6-4-3-5-7-13)22-16(20)12-8-10-14(11-9-12)23(27)28/h3-11,15-16,22H,1-2H3/t15-,16+,20+,21+/m0/s1. The highest BCUT2D eigenvalue weighted by molar-refractivity contribution is 6.06. The normalized spacial score (nSPS) is 29.9. The van der Waals surface area contributed by atoms with Crippen LogP contribution in [0.15, 0.2) is 54.6 Å². The van der Waals surface area contributed by atoms with E-state index in [4.69, 9.17) is 9.47 Å². The maximum Gasteiger partial charge on any atom is 0.339 e. The van der Waals surface area contributed by atoms with Gasteiger partial charge in [0, 0.05) is 12.1 Å². The quantitative estimate of drug-likeness (QED) is 0.351. The lowest BCUT2D eigenvalue weighted by Gasteiger charge is -2.31. The van der Waals surface area contributed by atoms with Crippen molar-refractivity contribution >= 4 is 23.6 Å². The van der Waals surface area contributed by atoms with Gasteiger partial charge in [0.25, 0.3) is 5.69 Å². The molecule has 2 aromatic carbocycles. The monoisotopic (exact) mass is 410 g/mol. The van der Waals surface area contributed by atoms with Crippen LogP contribution in [-0.4, -0.2) is 29.9 Å². The zero-order valence-corrected chi connectivity index (χ0v) is 16.2. The molecule has 9 nitrogen and oxygen atoms in total. The van der Waals surface area contributed by atoms with Crippen molar-refractivity contribution in [3.63, 3.8) is 0 Å². The minimum Gasteiger partial charge on any atom is -0.469 e. The van der Waals surface area contributed by atoms with Crippen LogP contribution in [0.5, 0.6) is 0 Å². The Bertz CT molecular complexity index is 1050. The van der Waals surface area contributed by atoms with E-state index in [1.807, 2.05) is 0 Å². The molecule has 0 radical (unpaired) electrons. The molecule has 4 atom stereocenters. The number of methoxy groups -OCH3 is 1. The van der Waals surface area contributed by atoms with Gasteiger partial charge in [-0.05, 0) is 18.1 Å². The van der Waals surface area contributed by atoms with Crippen molar-refractivity contribution in [1.82, 2.24) is 5.32 Å². The number of fused-ring (bicyclic) bond motifs is 1. The first-order chi connectivity index (χ1) is 14.3. The smallest absolute Gasteiger partial charge is 0.339 e. The van der Waals surface area contributed by atoms with Crippen molar-refractivity contribution in [3.05, 3.63) is 75.8 Å². The van der Waals surface area contributed by atoms with E-state index >= 15 is 0 Å². The third-order valence-electron chi connectivity index (χ3n) is 6.05. The van der Waals surface area contributed by atoms with Gasteiger partial charge in [0.15, 0.2) is 5.54 Å². The van der Waals surface area contributed by atoms with E-state index < -0.39 is 45.7 Å². The third-order valence-corrected chi connectivity index (χ3v) is 6.05. The van der Waals surface area contributed by atoms with Crippen LogP contribution in [0.3, 0.4) is 0 Å². The van der Waals surface area contributed by atoms with Crippen molar-refractivity contribution < 1.29 is 28.8 Å². The number of nitro benzene ring substituents is 1. The van der Waals surface area contributed by atoms with Gasteiger partial charge >= 0.3 is 17.9 Å². The summed E-state index contributed by atoms with van der Waals surface area (Å²) in [5, 5.41) is 14.2. The summed E-state index contributed by atoms with van der Waals surface area (Å²) in [6.45, 7) is 1.53. The Morgan fingerprint density at radius 3 is 2.33 bits per heavy atom. The number of carbonyl (C=O) groups is 3. The number of rotatable bonds is 4. The van der Waals surface area contributed by atoms with Crippen molar-refractivity contribution in [1.29, 1.82) is 0 Å². The topological polar surface area (TPSA) is 125 Å². The van der Waals surface area contributed by atoms with E-state index in [9.17, 15) is 24.5 Å². The number of benzene rings is 2. The lowest BCUT2D eigenvalue weighted by atomic mass is 9.66. The summed E-state index contributed by atoms with van der Waals surface area (Å²) in [4.78, 5) is 49.2. The van der Waals surface area contributed by atoms with Crippen LogP contribution in [0.25, 0.3) is 0 Å². The minimum atomic E-state index is -1.59. The highest BCUT2D eigenvalue weighted by Gasteiger charge is 2.75. The van der Waals surface area contributed by atoms with E-state index in [1.165, 1.54) is 38.3 Å². The number of ether oxygens (including phenoxy) is 2. The predicted octanol–water partition coefficient (Wildman–Crippen LogP) is 2.01. The van der Waals surface area contributed by atoms with Crippen molar-refractivity contribution in [2.75, 3.05) is 7.11 Å². The number of non-ortho nitro benzene ring substituents is 1. The van der Waals surface area contributed by atoms with Gasteiger partial charge in [0.1, 0.15) is 11.3 Å². The lowest BCUT2D eigenvalue weighted by molar-refractivity contribution is -0.384. The van der Waals surface area contributed by atoms with Gasteiger partial charge < -0.3 is 9.47 Å². The molecule has 9 heteroatoms. The Balaban J connectivity index is 1.93. The summed E-state index contributed by atoms with van der Waals surface area (Å²) in [5.74, 6) is -3.52. The molecule has 0 saturated carbocycles. The van der Waals surface area contributed by atoms with Crippen LogP contribution in [0.1, 0.15) is 24.1 Å². The first-order valence-electron chi connectivity index (χ1n) is 9.19. The molecule has 0 aliphatic carbocycles. The molecule has 1 N–H and O–H groups in total. The molecular weight excluding hydrogens is 392 g/mol. The maximum absolute atomic E-state index is 13.0. The average Bonchev–Trinajstić information content (AvgIpc) is 3.19. The average molecular weight is 410 g/mol. The molecule has 2 aliphatic rings. The summed E-state index contributed by atoms with van der Waals surface area (Å²) in [7, 11) is 1.20. The number of cyclic esters (lactones) is 2. The van der Waals surface area contributed by atoms with Crippen LogP contribution in [0.4, 0.5) is 5.69 Å². The molecule has 2 fully saturated rings. The van der Waals surface area contributed by atoms with E-state index in [-0.39, 0.29) is 5.69 Å². The number of carbonyl (C=O) groups excluding carboxylic acids is 3. The fourth-order valence-corrected chi connectivity index (χ4v) is 4.65. The van der Waals surface area contributed by atoms with Crippen molar-refractivity contribution in [3.8, 4) is 0 Å². The van der Waals surface area contributed by atoms with Crippen molar-refractivity contribution in [2.45, 2.75) is 18.5 Å².